The fourth-order valence-corrected chi connectivity index (χ4v) is 3.48. The summed E-state index contributed by atoms with van der Waals surface area (Å²) >= 11 is 2.17. The van der Waals surface area contributed by atoms with Gasteiger partial charge in [0.1, 0.15) is 17.3 Å². The lowest BCUT2D eigenvalue weighted by molar-refractivity contribution is 0.518. The molecule has 118 valence electrons. The second-order valence-corrected chi connectivity index (χ2v) is 6.56. The quantitative estimate of drug-likeness (QED) is 0.465. The summed E-state index contributed by atoms with van der Waals surface area (Å²) in [5.41, 5.74) is 0.897. The van der Waals surface area contributed by atoms with E-state index in [2.05, 4.69) is 37.7 Å². The first-order valence-corrected chi connectivity index (χ1v) is 8.30. The van der Waals surface area contributed by atoms with Crippen LogP contribution in [-0.4, -0.2) is 26.1 Å². The number of hydrogen-bond acceptors (Lipinski definition) is 4. The van der Waals surface area contributed by atoms with Crippen molar-refractivity contribution in [1.82, 2.24) is 19.6 Å². The summed E-state index contributed by atoms with van der Waals surface area (Å²) in [5.74, 6) is -0.422. The Balaban J connectivity index is 1.76. The molecular formula is C15H12F2IN5. The SMILES string of the molecule is Fc1ccc(F)c(C2CCCN2c2ccn3ncc(I)c3n2)n1. The number of anilines is 1. The van der Waals surface area contributed by atoms with Crippen molar-refractivity contribution < 1.29 is 8.78 Å². The van der Waals surface area contributed by atoms with Crippen LogP contribution >= 0.6 is 22.6 Å². The minimum absolute atomic E-state index is 0.146. The fourth-order valence-electron chi connectivity index (χ4n) is 2.98. The average Bonchev–Trinajstić information content (AvgIpc) is 3.17. The van der Waals surface area contributed by atoms with E-state index in [1.807, 2.05) is 17.2 Å². The topological polar surface area (TPSA) is 46.3 Å². The third-order valence-electron chi connectivity index (χ3n) is 4.01. The third-order valence-corrected chi connectivity index (χ3v) is 4.77. The average molecular weight is 427 g/mol. The lowest BCUT2D eigenvalue weighted by Gasteiger charge is -2.25. The molecular weight excluding hydrogens is 415 g/mol. The molecule has 0 spiro atoms. The van der Waals surface area contributed by atoms with Gasteiger partial charge in [-0.15, -0.1) is 0 Å². The predicted octanol–water partition coefficient (Wildman–Crippen LogP) is 3.35. The molecule has 4 rings (SSSR count). The van der Waals surface area contributed by atoms with Gasteiger partial charge < -0.3 is 4.90 Å². The minimum atomic E-state index is -0.665. The summed E-state index contributed by atoms with van der Waals surface area (Å²) in [5, 5.41) is 4.20. The van der Waals surface area contributed by atoms with E-state index in [1.54, 1.807) is 10.7 Å². The fraction of sp³-hybridized carbons (Fsp3) is 0.267. The van der Waals surface area contributed by atoms with Crippen molar-refractivity contribution in [2.75, 3.05) is 11.4 Å². The van der Waals surface area contributed by atoms with E-state index < -0.39 is 11.8 Å². The Bertz CT molecular complexity index is 881. The summed E-state index contributed by atoms with van der Waals surface area (Å²) in [6.07, 6.45) is 5.16. The maximum absolute atomic E-state index is 14.1. The van der Waals surface area contributed by atoms with Gasteiger partial charge in [0.05, 0.1) is 15.8 Å². The van der Waals surface area contributed by atoms with E-state index in [-0.39, 0.29) is 11.7 Å². The third kappa shape index (κ3) is 2.54. The van der Waals surface area contributed by atoms with Crippen LogP contribution in [0.3, 0.4) is 0 Å². The monoisotopic (exact) mass is 427 g/mol. The normalized spacial score (nSPS) is 18.0. The summed E-state index contributed by atoms with van der Waals surface area (Å²) in [4.78, 5) is 10.4. The van der Waals surface area contributed by atoms with Gasteiger partial charge in [-0.1, -0.05) is 0 Å². The van der Waals surface area contributed by atoms with E-state index in [0.29, 0.717) is 0 Å². The highest BCUT2D eigenvalue weighted by Gasteiger charge is 2.31. The second-order valence-electron chi connectivity index (χ2n) is 5.40. The molecule has 8 heteroatoms. The van der Waals surface area contributed by atoms with Crippen LogP contribution in [0.15, 0.2) is 30.6 Å². The number of rotatable bonds is 2. The van der Waals surface area contributed by atoms with Crippen LogP contribution < -0.4 is 4.90 Å². The summed E-state index contributed by atoms with van der Waals surface area (Å²) < 4.78 is 30.1. The van der Waals surface area contributed by atoms with Gasteiger partial charge in [0.15, 0.2) is 5.65 Å². The highest BCUT2D eigenvalue weighted by Crippen LogP contribution is 2.35. The molecule has 1 fully saturated rings. The van der Waals surface area contributed by atoms with Gasteiger partial charge in [-0.05, 0) is 53.6 Å². The zero-order valence-electron chi connectivity index (χ0n) is 12.0. The summed E-state index contributed by atoms with van der Waals surface area (Å²) in [7, 11) is 0. The molecule has 0 aromatic carbocycles. The highest BCUT2D eigenvalue weighted by molar-refractivity contribution is 14.1. The Labute approximate surface area is 144 Å². The lowest BCUT2D eigenvalue weighted by Crippen LogP contribution is -2.25. The molecule has 0 N–H and O–H groups in total. The molecule has 5 nitrogen and oxygen atoms in total. The van der Waals surface area contributed by atoms with Gasteiger partial charge in [0.25, 0.3) is 0 Å². The molecule has 1 atom stereocenters. The highest BCUT2D eigenvalue weighted by atomic mass is 127. The summed E-state index contributed by atoms with van der Waals surface area (Å²) in [6, 6.07) is 3.70. The van der Waals surface area contributed by atoms with E-state index in [0.717, 1.165) is 46.6 Å². The molecule has 0 saturated carbocycles. The van der Waals surface area contributed by atoms with Crippen molar-refractivity contribution in [3.63, 3.8) is 0 Å². The molecule has 0 aliphatic carbocycles. The molecule has 1 saturated heterocycles. The van der Waals surface area contributed by atoms with Gasteiger partial charge in [-0.25, -0.2) is 18.9 Å². The zero-order valence-corrected chi connectivity index (χ0v) is 14.1. The van der Waals surface area contributed by atoms with Gasteiger partial charge >= 0.3 is 0 Å². The van der Waals surface area contributed by atoms with Crippen LogP contribution in [0.25, 0.3) is 5.65 Å². The van der Waals surface area contributed by atoms with E-state index in [4.69, 9.17) is 0 Å². The molecule has 0 radical (unpaired) electrons. The molecule has 0 amide bonds. The molecule has 0 bridgehead atoms. The van der Waals surface area contributed by atoms with Crippen LogP contribution in [0.2, 0.25) is 0 Å². The van der Waals surface area contributed by atoms with Crippen molar-refractivity contribution in [3.05, 3.63) is 51.6 Å². The van der Waals surface area contributed by atoms with Crippen molar-refractivity contribution in [2.45, 2.75) is 18.9 Å². The number of nitrogens with zero attached hydrogens (tertiary/aromatic N) is 5. The second kappa shape index (κ2) is 5.66. The van der Waals surface area contributed by atoms with Gasteiger partial charge in [-0.3, -0.25) is 0 Å². The maximum atomic E-state index is 14.1. The van der Waals surface area contributed by atoms with Crippen LogP contribution in [0.5, 0.6) is 0 Å². The van der Waals surface area contributed by atoms with Crippen LogP contribution in [0, 0.1) is 15.3 Å². The Hall–Kier alpha value is -1.84. The van der Waals surface area contributed by atoms with Crippen LogP contribution in [0.4, 0.5) is 14.6 Å². The Morgan fingerprint density at radius 2 is 2.04 bits per heavy atom. The zero-order chi connectivity index (χ0) is 16.0. The summed E-state index contributed by atoms with van der Waals surface area (Å²) in [6.45, 7) is 0.732. The first-order valence-electron chi connectivity index (χ1n) is 7.22. The van der Waals surface area contributed by atoms with Crippen LogP contribution in [-0.2, 0) is 0 Å². The Morgan fingerprint density at radius 1 is 1.17 bits per heavy atom. The molecule has 1 aliphatic heterocycles. The van der Waals surface area contributed by atoms with Gasteiger partial charge in [0, 0.05) is 12.7 Å². The molecule has 23 heavy (non-hydrogen) atoms. The Morgan fingerprint density at radius 3 is 2.91 bits per heavy atom. The van der Waals surface area contributed by atoms with E-state index in [1.165, 1.54) is 0 Å². The maximum Gasteiger partial charge on any atom is 0.213 e. The predicted molar refractivity (Wildman–Crippen MR) is 89.2 cm³/mol. The largest absolute Gasteiger partial charge is 0.348 e. The van der Waals surface area contributed by atoms with E-state index >= 15 is 0 Å². The van der Waals surface area contributed by atoms with E-state index in [9.17, 15) is 8.78 Å². The van der Waals surface area contributed by atoms with Crippen molar-refractivity contribution in [1.29, 1.82) is 0 Å². The molecule has 1 unspecified atom stereocenters. The Kier molecular flexibility index (Phi) is 3.63. The van der Waals surface area contributed by atoms with Crippen molar-refractivity contribution >= 4 is 34.1 Å². The smallest absolute Gasteiger partial charge is 0.213 e. The number of halogens is 3. The van der Waals surface area contributed by atoms with Crippen LogP contribution in [0.1, 0.15) is 24.6 Å². The van der Waals surface area contributed by atoms with Crippen molar-refractivity contribution in [2.24, 2.45) is 0 Å². The molecule has 3 aromatic rings. The standard InChI is InChI=1S/C15H12F2IN5/c16-9-3-4-12(17)20-14(9)11-2-1-6-22(11)13-5-7-23-15(21-13)10(18)8-19-23/h3-5,7-8,11H,1-2,6H2. The van der Waals surface area contributed by atoms with Gasteiger partial charge in [-0.2, -0.15) is 9.49 Å². The molecule has 3 aromatic heterocycles. The van der Waals surface area contributed by atoms with Crippen molar-refractivity contribution in [3.8, 4) is 0 Å². The molecule has 1 aliphatic rings. The number of hydrogen-bond donors (Lipinski definition) is 0. The number of pyridine rings is 1. The number of fused-ring (bicyclic) bond motifs is 1. The first kappa shape index (κ1) is 14.7. The van der Waals surface area contributed by atoms with Gasteiger partial charge in [0.2, 0.25) is 5.95 Å². The molecule has 4 heterocycles. The minimum Gasteiger partial charge on any atom is -0.348 e. The number of aromatic nitrogens is 4. The first-order chi connectivity index (χ1) is 11.1. The lowest BCUT2D eigenvalue weighted by atomic mass is 10.1.